The molecule has 0 saturated carbocycles. The normalized spacial score (nSPS) is 10.4. The number of allylic oxidation sites excluding steroid dienone is 4. The van der Waals surface area contributed by atoms with Crippen LogP contribution in [0, 0.1) is 0 Å². The smallest absolute Gasteiger partial charge is 0.423 e. The summed E-state index contributed by atoms with van der Waals surface area (Å²) in [6.45, 7) is 9.43. The molecule has 0 saturated heterocycles. The molecule has 2 N–H and O–H groups in total. The maximum atomic E-state index is 8.68. The molecule has 0 aromatic carbocycles. The van der Waals surface area contributed by atoms with Gasteiger partial charge in [0, 0.05) is 0 Å². The quantitative estimate of drug-likeness (QED) is 0.483. The molecule has 0 rings (SSSR count). The van der Waals surface area contributed by atoms with E-state index in [2.05, 4.69) is 20.1 Å². The van der Waals surface area contributed by atoms with Gasteiger partial charge in [-0.3, -0.25) is 0 Å². The van der Waals surface area contributed by atoms with Gasteiger partial charge in [-0.05, 0) is 18.3 Å². The zero-order valence-electron chi connectivity index (χ0n) is 8.16. The van der Waals surface area contributed by atoms with E-state index in [0.29, 0.717) is 0 Å². The van der Waals surface area contributed by atoms with Gasteiger partial charge in [0.2, 0.25) is 0 Å². The summed E-state index contributed by atoms with van der Waals surface area (Å²) >= 11 is 0. The Morgan fingerprint density at radius 2 is 1.92 bits per heavy atom. The molecule has 0 atom stereocenters. The topological polar surface area (TPSA) is 40.5 Å². The molecule has 0 fully saturated rings. The molecule has 0 aliphatic rings. The Kier molecular flexibility index (Phi) is 6.28. The van der Waals surface area contributed by atoms with E-state index in [1.54, 1.807) is 12.2 Å². The van der Waals surface area contributed by atoms with E-state index in [0.717, 1.165) is 24.8 Å². The lowest BCUT2D eigenvalue weighted by Gasteiger charge is -1.98. The first-order valence-electron chi connectivity index (χ1n) is 4.48. The summed E-state index contributed by atoms with van der Waals surface area (Å²) in [5.74, 6) is 0. The largest absolute Gasteiger partial charge is 0.487 e. The molecule has 3 heteroatoms. The molecule has 0 amide bonds. The molecule has 2 nitrogen and oxygen atoms in total. The highest BCUT2D eigenvalue weighted by Crippen LogP contribution is 2.07. The van der Waals surface area contributed by atoms with Crippen molar-refractivity contribution in [2.45, 2.75) is 26.2 Å². The second-order valence-corrected chi connectivity index (χ2v) is 3.04. The third kappa shape index (κ3) is 6.37. The summed E-state index contributed by atoms with van der Waals surface area (Å²) in [6, 6.07) is 0. The van der Waals surface area contributed by atoms with Crippen molar-refractivity contribution >= 4 is 7.12 Å². The fraction of sp³-hybridized carbons (Fsp3) is 0.400. The van der Waals surface area contributed by atoms with Crippen LogP contribution >= 0.6 is 0 Å². The summed E-state index contributed by atoms with van der Waals surface area (Å²) in [5.41, 5.74) is 1.28. The molecule has 72 valence electrons. The molecule has 0 heterocycles. The predicted molar refractivity (Wildman–Crippen MR) is 57.1 cm³/mol. The summed E-state index contributed by atoms with van der Waals surface area (Å²) in [5, 5.41) is 17.4. The van der Waals surface area contributed by atoms with E-state index < -0.39 is 7.12 Å². The minimum atomic E-state index is -1.46. The van der Waals surface area contributed by atoms with Gasteiger partial charge < -0.3 is 10.0 Å². The van der Waals surface area contributed by atoms with Gasteiger partial charge in [-0.15, -0.1) is 0 Å². The minimum absolute atomic E-state index is 0.289. The maximum Gasteiger partial charge on any atom is 0.487 e. The van der Waals surface area contributed by atoms with Crippen LogP contribution in [0.1, 0.15) is 26.2 Å². The van der Waals surface area contributed by atoms with Gasteiger partial charge in [0.1, 0.15) is 0 Å². The van der Waals surface area contributed by atoms with Gasteiger partial charge in [0.05, 0.1) is 0 Å². The SMILES string of the molecule is C=C(/C=C\C(=C)B(O)O)CCCC. The highest BCUT2D eigenvalue weighted by molar-refractivity contribution is 6.51. The molecule has 0 aliphatic carbocycles. The Labute approximate surface area is 80.4 Å². The maximum absolute atomic E-state index is 8.68. The third-order valence-corrected chi connectivity index (χ3v) is 1.72. The van der Waals surface area contributed by atoms with Crippen molar-refractivity contribution < 1.29 is 10.0 Å². The average Bonchev–Trinajstić information content (AvgIpc) is 2.10. The van der Waals surface area contributed by atoms with Crippen LogP contribution in [0.2, 0.25) is 0 Å². The van der Waals surface area contributed by atoms with Crippen molar-refractivity contribution in [3.05, 3.63) is 36.4 Å². The Morgan fingerprint density at radius 1 is 1.31 bits per heavy atom. The number of hydrogen-bond donors (Lipinski definition) is 2. The molecule has 0 radical (unpaired) electrons. The second kappa shape index (κ2) is 6.69. The predicted octanol–water partition coefficient (Wildman–Crippen LogP) is 1.86. The molecule has 0 aliphatic heterocycles. The molecule has 0 aromatic rings. The number of hydrogen-bond acceptors (Lipinski definition) is 2. The zero-order chi connectivity index (χ0) is 10.3. The Morgan fingerprint density at radius 3 is 2.38 bits per heavy atom. The van der Waals surface area contributed by atoms with Gasteiger partial charge in [0.15, 0.2) is 0 Å². The van der Waals surface area contributed by atoms with E-state index in [-0.39, 0.29) is 5.47 Å². The monoisotopic (exact) mass is 180 g/mol. The van der Waals surface area contributed by atoms with Crippen molar-refractivity contribution in [3.8, 4) is 0 Å². The Hall–Kier alpha value is -0.795. The third-order valence-electron chi connectivity index (χ3n) is 1.72. The van der Waals surface area contributed by atoms with Gasteiger partial charge in [-0.2, -0.15) is 0 Å². The fourth-order valence-corrected chi connectivity index (χ4v) is 0.798. The minimum Gasteiger partial charge on any atom is -0.423 e. The lowest BCUT2D eigenvalue weighted by atomic mass is 9.80. The van der Waals surface area contributed by atoms with Gasteiger partial charge in [-0.1, -0.05) is 44.2 Å². The van der Waals surface area contributed by atoms with Gasteiger partial charge in [0.25, 0.3) is 0 Å². The van der Waals surface area contributed by atoms with Crippen molar-refractivity contribution in [2.24, 2.45) is 0 Å². The first-order valence-corrected chi connectivity index (χ1v) is 4.48. The van der Waals surface area contributed by atoms with E-state index >= 15 is 0 Å². The van der Waals surface area contributed by atoms with Crippen LogP contribution in [0.4, 0.5) is 0 Å². The van der Waals surface area contributed by atoms with Gasteiger partial charge >= 0.3 is 7.12 Å². The highest BCUT2D eigenvalue weighted by atomic mass is 16.4. The van der Waals surface area contributed by atoms with Crippen molar-refractivity contribution in [3.63, 3.8) is 0 Å². The Balaban J connectivity index is 3.83. The molecule has 0 unspecified atom stereocenters. The van der Waals surface area contributed by atoms with E-state index in [1.807, 2.05) is 0 Å². The van der Waals surface area contributed by atoms with Crippen molar-refractivity contribution in [1.82, 2.24) is 0 Å². The van der Waals surface area contributed by atoms with E-state index in [9.17, 15) is 0 Å². The van der Waals surface area contributed by atoms with Crippen LogP contribution in [0.25, 0.3) is 0 Å². The number of rotatable bonds is 6. The van der Waals surface area contributed by atoms with Crippen LogP contribution in [0.15, 0.2) is 36.4 Å². The molecule has 13 heavy (non-hydrogen) atoms. The van der Waals surface area contributed by atoms with Crippen LogP contribution in [-0.4, -0.2) is 17.2 Å². The molecule has 0 aromatic heterocycles. The molecule has 0 bridgehead atoms. The van der Waals surface area contributed by atoms with Crippen LogP contribution in [-0.2, 0) is 0 Å². The summed E-state index contributed by atoms with van der Waals surface area (Å²) in [4.78, 5) is 0. The summed E-state index contributed by atoms with van der Waals surface area (Å²) in [6.07, 6.45) is 6.55. The highest BCUT2D eigenvalue weighted by Gasteiger charge is 2.07. The molecular formula is C10H17BO2. The summed E-state index contributed by atoms with van der Waals surface area (Å²) < 4.78 is 0. The standard InChI is InChI=1S/C10H17BO2/c1-4-5-6-9(2)7-8-10(3)11(12)13/h7-8,12-13H,2-6H2,1H3/b8-7-. The van der Waals surface area contributed by atoms with Crippen molar-refractivity contribution in [1.29, 1.82) is 0 Å². The first-order chi connectivity index (χ1) is 6.07. The second-order valence-electron chi connectivity index (χ2n) is 3.04. The van der Waals surface area contributed by atoms with E-state index in [1.165, 1.54) is 0 Å². The van der Waals surface area contributed by atoms with Crippen molar-refractivity contribution in [2.75, 3.05) is 0 Å². The number of unbranched alkanes of at least 4 members (excludes halogenated alkanes) is 1. The zero-order valence-corrected chi connectivity index (χ0v) is 8.16. The lowest BCUT2D eigenvalue weighted by molar-refractivity contribution is 0.421. The van der Waals surface area contributed by atoms with Crippen LogP contribution < -0.4 is 0 Å². The molecule has 0 spiro atoms. The van der Waals surface area contributed by atoms with Crippen LogP contribution in [0.3, 0.4) is 0 Å². The van der Waals surface area contributed by atoms with Gasteiger partial charge in [-0.25, -0.2) is 0 Å². The lowest BCUT2D eigenvalue weighted by Crippen LogP contribution is -2.12. The van der Waals surface area contributed by atoms with Crippen LogP contribution in [0.5, 0.6) is 0 Å². The van der Waals surface area contributed by atoms with E-state index in [4.69, 9.17) is 10.0 Å². The average molecular weight is 180 g/mol. The Bertz CT molecular complexity index is 207. The fourth-order valence-electron chi connectivity index (χ4n) is 0.798. The summed E-state index contributed by atoms with van der Waals surface area (Å²) in [7, 11) is -1.46. The molecular weight excluding hydrogens is 163 g/mol. The first kappa shape index (κ1) is 12.2.